The molecule has 0 radical (unpaired) electrons. The fourth-order valence-corrected chi connectivity index (χ4v) is 3.83. The molecule has 2 amide bonds. The van der Waals surface area contributed by atoms with Crippen LogP contribution in [0.15, 0.2) is 36.5 Å². The number of hydrogen-bond acceptors (Lipinski definition) is 6. The summed E-state index contributed by atoms with van der Waals surface area (Å²) in [5, 5.41) is 9.80. The number of carbonyl (C=O) groups excluding carboxylic acids is 2. The maximum Gasteiger partial charge on any atom is 0.259 e. The first kappa shape index (κ1) is 24.7. The maximum absolute atomic E-state index is 13.5. The molecule has 3 rings (SSSR count). The number of likely N-dealkylation sites (N-methyl/N-ethyl adjacent to an activating group) is 1. The van der Waals surface area contributed by atoms with E-state index in [9.17, 15) is 14.7 Å². The van der Waals surface area contributed by atoms with Gasteiger partial charge in [0, 0.05) is 38.4 Å². The van der Waals surface area contributed by atoms with E-state index in [0.717, 1.165) is 16.7 Å². The molecule has 1 aliphatic heterocycles. The lowest BCUT2D eigenvalue weighted by Crippen LogP contribution is -2.50. The van der Waals surface area contributed by atoms with Gasteiger partial charge in [-0.15, -0.1) is 0 Å². The molecule has 0 spiro atoms. The van der Waals surface area contributed by atoms with Crippen LogP contribution in [0.1, 0.15) is 29.8 Å². The van der Waals surface area contributed by atoms with E-state index >= 15 is 0 Å². The van der Waals surface area contributed by atoms with Crippen LogP contribution < -0.4 is 4.74 Å². The lowest BCUT2D eigenvalue weighted by Gasteiger charge is -2.37. The molecule has 33 heavy (non-hydrogen) atoms. The number of aliphatic hydroxyl groups excluding tert-OH is 1. The summed E-state index contributed by atoms with van der Waals surface area (Å²) < 4.78 is 11.2. The van der Waals surface area contributed by atoms with Crippen molar-refractivity contribution in [2.24, 2.45) is 5.92 Å². The predicted octanol–water partition coefficient (Wildman–Crippen LogP) is 2.38. The molecule has 0 unspecified atom stereocenters. The highest BCUT2D eigenvalue weighted by atomic mass is 16.5. The Bertz CT molecular complexity index is 979. The summed E-state index contributed by atoms with van der Waals surface area (Å²) in [5.74, 6) is -0.264. The van der Waals surface area contributed by atoms with Crippen molar-refractivity contribution in [3.63, 3.8) is 0 Å². The molecular formula is C25H33N3O5. The van der Waals surface area contributed by atoms with Crippen molar-refractivity contribution in [3.05, 3.63) is 47.7 Å². The van der Waals surface area contributed by atoms with Crippen LogP contribution in [0.5, 0.6) is 5.88 Å². The van der Waals surface area contributed by atoms with Gasteiger partial charge >= 0.3 is 0 Å². The molecule has 2 heterocycles. The molecule has 0 saturated carbocycles. The van der Waals surface area contributed by atoms with Crippen molar-refractivity contribution in [3.8, 4) is 17.0 Å². The Morgan fingerprint density at radius 1 is 1.33 bits per heavy atom. The van der Waals surface area contributed by atoms with Crippen LogP contribution in [0, 0.1) is 12.8 Å². The molecule has 1 aromatic heterocycles. The van der Waals surface area contributed by atoms with Gasteiger partial charge < -0.3 is 24.4 Å². The van der Waals surface area contributed by atoms with Gasteiger partial charge in [-0.1, -0.05) is 36.8 Å². The number of amides is 2. The summed E-state index contributed by atoms with van der Waals surface area (Å²) in [6.45, 7) is 6.33. The second kappa shape index (κ2) is 10.8. The first-order valence-electron chi connectivity index (χ1n) is 11.1. The highest BCUT2D eigenvalue weighted by Crippen LogP contribution is 2.30. The largest absolute Gasteiger partial charge is 0.472 e. The number of aromatic nitrogens is 1. The van der Waals surface area contributed by atoms with E-state index in [-0.39, 0.29) is 42.9 Å². The summed E-state index contributed by atoms with van der Waals surface area (Å²) in [6.07, 6.45) is 1.30. The van der Waals surface area contributed by atoms with E-state index in [1.54, 1.807) is 29.1 Å². The zero-order chi connectivity index (χ0) is 24.1. The molecule has 0 fully saturated rings. The zero-order valence-electron chi connectivity index (χ0n) is 19.9. The smallest absolute Gasteiger partial charge is 0.259 e. The second-order valence-corrected chi connectivity index (χ2v) is 8.77. The minimum Gasteiger partial charge on any atom is -0.472 e. The fraction of sp³-hybridized carbons (Fsp3) is 0.480. The minimum absolute atomic E-state index is 0.0154. The maximum atomic E-state index is 13.5. The normalized spacial score (nSPS) is 19.2. The SMILES string of the molecule is COCC(=O)N(C)C[C@H]1Oc2ncc(-c3ccc(C)cc3)cc2C(=O)N([C@@H](C)CO)C[C@@H]1C. The van der Waals surface area contributed by atoms with Crippen LogP contribution in [-0.4, -0.2) is 84.3 Å². The van der Waals surface area contributed by atoms with Crippen LogP contribution in [0.25, 0.3) is 11.1 Å². The van der Waals surface area contributed by atoms with Gasteiger partial charge in [0.05, 0.1) is 19.2 Å². The summed E-state index contributed by atoms with van der Waals surface area (Å²) in [7, 11) is 3.18. The Morgan fingerprint density at radius 2 is 2.03 bits per heavy atom. The van der Waals surface area contributed by atoms with Gasteiger partial charge in [0.25, 0.3) is 5.91 Å². The van der Waals surface area contributed by atoms with E-state index in [2.05, 4.69) is 4.98 Å². The van der Waals surface area contributed by atoms with E-state index in [1.807, 2.05) is 45.0 Å². The lowest BCUT2D eigenvalue weighted by molar-refractivity contribution is -0.135. The number of aryl methyl sites for hydroxylation is 1. The number of aliphatic hydroxyl groups is 1. The molecule has 1 aromatic carbocycles. The quantitative estimate of drug-likeness (QED) is 0.689. The van der Waals surface area contributed by atoms with Gasteiger partial charge in [-0.05, 0) is 25.5 Å². The molecule has 8 heteroatoms. The summed E-state index contributed by atoms with van der Waals surface area (Å²) in [4.78, 5) is 33.5. The molecule has 3 atom stereocenters. The van der Waals surface area contributed by atoms with E-state index < -0.39 is 6.10 Å². The number of carbonyl (C=O) groups is 2. The third-order valence-electron chi connectivity index (χ3n) is 6.05. The van der Waals surface area contributed by atoms with Crippen molar-refractivity contribution in [2.75, 3.05) is 40.5 Å². The Morgan fingerprint density at radius 3 is 2.67 bits per heavy atom. The fourth-order valence-electron chi connectivity index (χ4n) is 3.83. The number of fused-ring (bicyclic) bond motifs is 1. The highest BCUT2D eigenvalue weighted by molar-refractivity contribution is 5.98. The first-order chi connectivity index (χ1) is 15.7. The number of nitrogens with zero attached hydrogens (tertiary/aromatic N) is 3. The van der Waals surface area contributed by atoms with Gasteiger partial charge in [-0.3, -0.25) is 9.59 Å². The van der Waals surface area contributed by atoms with E-state index in [0.29, 0.717) is 18.7 Å². The number of methoxy groups -OCH3 is 1. The van der Waals surface area contributed by atoms with Crippen LogP contribution in [0.4, 0.5) is 0 Å². The number of benzene rings is 1. The molecule has 178 valence electrons. The van der Waals surface area contributed by atoms with Gasteiger partial charge in [0.2, 0.25) is 11.8 Å². The van der Waals surface area contributed by atoms with E-state index in [4.69, 9.17) is 9.47 Å². The second-order valence-electron chi connectivity index (χ2n) is 8.77. The van der Waals surface area contributed by atoms with Gasteiger partial charge in [-0.25, -0.2) is 4.98 Å². The third-order valence-corrected chi connectivity index (χ3v) is 6.05. The Hall–Kier alpha value is -2.97. The Kier molecular flexibility index (Phi) is 8.05. The van der Waals surface area contributed by atoms with Gasteiger partial charge in [-0.2, -0.15) is 0 Å². The summed E-state index contributed by atoms with van der Waals surface area (Å²) in [5.41, 5.74) is 3.24. The summed E-state index contributed by atoms with van der Waals surface area (Å²) >= 11 is 0. The highest BCUT2D eigenvalue weighted by Gasteiger charge is 2.34. The van der Waals surface area contributed by atoms with Crippen LogP contribution in [0.3, 0.4) is 0 Å². The summed E-state index contributed by atoms with van der Waals surface area (Å²) in [6, 6.07) is 9.41. The average Bonchev–Trinajstić information content (AvgIpc) is 2.81. The van der Waals surface area contributed by atoms with Crippen molar-refractivity contribution >= 4 is 11.8 Å². The van der Waals surface area contributed by atoms with Gasteiger partial charge in [0.15, 0.2) is 0 Å². The molecule has 0 saturated heterocycles. The van der Waals surface area contributed by atoms with Crippen LogP contribution in [-0.2, 0) is 9.53 Å². The molecule has 0 bridgehead atoms. The van der Waals surface area contributed by atoms with Crippen molar-refractivity contribution < 1.29 is 24.2 Å². The number of pyridine rings is 1. The Labute approximate surface area is 195 Å². The Balaban J connectivity index is 2.00. The van der Waals surface area contributed by atoms with Crippen molar-refractivity contribution in [1.29, 1.82) is 0 Å². The van der Waals surface area contributed by atoms with Crippen LogP contribution >= 0.6 is 0 Å². The molecule has 2 aromatic rings. The standard InChI is InChI=1S/C25H33N3O5/c1-16-6-8-19(9-7-16)20-10-21-24(26-11-20)33-22(13-27(4)23(30)15-32-5)17(2)12-28(25(21)31)18(3)14-29/h6-11,17-18,22,29H,12-15H2,1-5H3/t17-,18-,22+/m0/s1. The monoisotopic (exact) mass is 455 g/mol. The number of ether oxygens (including phenoxy) is 2. The first-order valence-corrected chi connectivity index (χ1v) is 11.1. The number of rotatable bonds is 7. The molecule has 0 aliphatic carbocycles. The molecule has 1 N–H and O–H groups in total. The molecule has 8 nitrogen and oxygen atoms in total. The van der Waals surface area contributed by atoms with E-state index in [1.165, 1.54) is 7.11 Å². The zero-order valence-corrected chi connectivity index (χ0v) is 19.9. The van der Waals surface area contributed by atoms with Crippen molar-refractivity contribution in [1.82, 2.24) is 14.8 Å². The topological polar surface area (TPSA) is 92.2 Å². The van der Waals surface area contributed by atoms with Gasteiger partial charge in [0.1, 0.15) is 18.3 Å². The molecular weight excluding hydrogens is 422 g/mol. The molecule has 1 aliphatic rings. The predicted molar refractivity (Wildman–Crippen MR) is 125 cm³/mol. The van der Waals surface area contributed by atoms with Crippen molar-refractivity contribution in [2.45, 2.75) is 32.9 Å². The average molecular weight is 456 g/mol. The minimum atomic E-state index is -0.395. The third kappa shape index (κ3) is 5.69. The lowest BCUT2D eigenvalue weighted by atomic mass is 9.99. The van der Waals surface area contributed by atoms with Crippen LogP contribution in [0.2, 0.25) is 0 Å². The number of hydrogen-bond donors (Lipinski definition) is 1.